The summed E-state index contributed by atoms with van der Waals surface area (Å²) in [6.45, 7) is 5.41. The minimum atomic E-state index is -1.05. The van der Waals surface area contributed by atoms with E-state index >= 15 is 0 Å². The van der Waals surface area contributed by atoms with E-state index in [0.717, 1.165) is 0 Å². The molecule has 1 aliphatic rings. The smallest absolute Gasteiger partial charge is 0.413 e. The third-order valence-electron chi connectivity index (χ3n) is 3.21. The molecule has 1 aromatic rings. The third kappa shape index (κ3) is 3.16. The quantitative estimate of drug-likeness (QED) is 0.779. The molecule has 0 saturated heterocycles. The van der Waals surface area contributed by atoms with Crippen molar-refractivity contribution in [2.45, 2.75) is 51.3 Å². The third-order valence-corrected chi connectivity index (χ3v) is 3.21. The van der Waals surface area contributed by atoms with Crippen LogP contribution in [0.2, 0.25) is 0 Å². The fourth-order valence-corrected chi connectivity index (χ4v) is 2.19. The predicted molar refractivity (Wildman–Crippen MR) is 74.9 cm³/mol. The summed E-state index contributed by atoms with van der Waals surface area (Å²) in [4.78, 5) is 20.7. The number of hydrogen-bond donors (Lipinski definition) is 3. The van der Waals surface area contributed by atoms with Crippen molar-refractivity contribution in [1.82, 2.24) is 9.97 Å². The Kier molecular flexibility index (Phi) is 3.80. The number of hydrogen-bond acceptors (Lipinski definition) is 5. The van der Waals surface area contributed by atoms with Gasteiger partial charge in [-0.25, -0.2) is 14.8 Å². The molecule has 0 atom stereocenters. The summed E-state index contributed by atoms with van der Waals surface area (Å²) < 4.78 is 0. The maximum atomic E-state index is 11.4. The lowest BCUT2D eigenvalue weighted by Crippen LogP contribution is -2.45. The zero-order valence-corrected chi connectivity index (χ0v) is 11.9. The zero-order valence-electron chi connectivity index (χ0n) is 11.9. The van der Waals surface area contributed by atoms with E-state index in [9.17, 15) is 15.0 Å². The van der Waals surface area contributed by atoms with Crippen molar-refractivity contribution in [2.75, 3.05) is 10.2 Å². The first-order valence-electron chi connectivity index (χ1n) is 6.57. The van der Waals surface area contributed by atoms with Crippen LogP contribution < -0.4 is 10.2 Å². The van der Waals surface area contributed by atoms with Crippen LogP contribution in [0.25, 0.3) is 0 Å². The number of rotatable bonds is 3. The van der Waals surface area contributed by atoms with Gasteiger partial charge in [0.25, 0.3) is 0 Å². The number of nitrogens with one attached hydrogen (secondary N) is 1. The van der Waals surface area contributed by atoms with Crippen LogP contribution in [-0.4, -0.2) is 44.0 Å². The van der Waals surface area contributed by atoms with Gasteiger partial charge in [0.05, 0.1) is 6.10 Å². The molecule has 0 aromatic carbocycles. The Morgan fingerprint density at radius 3 is 2.55 bits per heavy atom. The molecule has 0 spiro atoms. The first kappa shape index (κ1) is 14.5. The van der Waals surface area contributed by atoms with E-state index in [1.165, 1.54) is 11.2 Å². The van der Waals surface area contributed by atoms with Gasteiger partial charge in [0.1, 0.15) is 18.0 Å². The molecule has 1 amide bonds. The van der Waals surface area contributed by atoms with Crippen LogP contribution >= 0.6 is 0 Å². The lowest BCUT2D eigenvalue weighted by Gasteiger charge is -2.34. The lowest BCUT2D eigenvalue weighted by atomic mass is 9.89. The van der Waals surface area contributed by atoms with Crippen LogP contribution in [-0.2, 0) is 0 Å². The maximum Gasteiger partial charge on any atom is 0.413 e. The first-order chi connectivity index (χ1) is 9.27. The van der Waals surface area contributed by atoms with Gasteiger partial charge >= 0.3 is 6.09 Å². The average molecular weight is 280 g/mol. The van der Waals surface area contributed by atoms with E-state index in [1.54, 1.807) is 26.8 Å². The number of aliphatic hydroxyl groups excluding tert-OH is 1. The summed E-state index contributed by atoms with van der Waals surface area (Å²) in [5, 5.41) is 21.8. The Labute approximate surface area is 117 Å². The van der Waals surface area contributed by atoms with Gasteiger partial charge < -0.3 is 15.5 Å². The molecule has 1 saturated carbocycles. The molecule has 20 heavy (non-hydrogen) atoms. The van der Waals surface area contributed by atoms with Crippen LogP contribution in [0.1, 0.15) is 33.6 Å². The van der Waals surface area contributed by atoms with Gasteiger partial charge in [-0.05, 0) is 33.6 Å². The number of carbonyl (C=O) groups is 1. The molecular weight excluding hydrogens is 260 g/mol. The van der Waals surface area contributed by atoms with E-state index in [1.807, 2.05) is 0 Å². The van der Waals surface area contributed by atoms with Crippen molar-refractivity contribution in [2.24, 2.45) is 0 Å². The molecule has 1 aromatic heterocycles. The van der Waals surface area contributed by atoms with Gasteiger partial charge in [0.15, 0.2) is 0 Å². The summed E-state index contributed by atoms with van der Waals surface area (Å²) in [5.74, 6) is 0.907. The second-order valence-corrected chi connectivity index (χ2v) is 6.02. The standard InChI is InChI=1S/C13H20N4O3/c1-13(2,3)17(12(19)20)11-6-10(14-7-15-11)16-8-4-9(18)5-8/h6-9,18H,4-5H2,1-3H3,(H,19,20)(H,14,15,16). The Morgan fingerprint density at radius 1 is 1.40 bits per heavy atom. The SMILES string of the molecule is CC(C)(C)N(C(=O)O)c1cc(NC2CC(O)C2)ncn1. The highest BCUT2D eigenvalue weighted by Crippen LogP contribution is 2.26. The van der Waals surface area contributed by atoms with Crippen molar-refractivity contribution in [3.8, 4) is 0 Å². The van der Waals surface area contributed by atoms with Gasteiger partial charge in [-0.3, -0.25) is 4.90 Å². The van der Waals surface area contributed by atoms with Gasteiger partial charge in [-0.2, -0.15) is 0 Å². The number of aromatic nitrogens is 2. The number of nitrogens with zero attached hydrogens (tertiary/aromatic N) is 3. The van der Waals surface area contributed by atoms with E-state index in [4.69, 9.17) is 0 Å². The van der Waals surface area contributed by atoms with Crippen molar-refractivity contribution in [1.29, 1.82) is 0 Å². The molecule has 3 N–H and O–H groups in total. The van der Waals surface area contributed by atoms with Gasteiger partial charge in [-0.15, -0.1) is 0 Å². The second kappa shape index (κ2) is 5.24. The van der Waals surface area contributed by atoms with Crippen LogP contribution in [0.5, 0.6) is 0 Å². The molecule has 1 heterocycles. The van der Waals surface area contributed by atoms with E-state index < -0.39 is 11.6 Å². The summed E-state index contributed by atoms with van der Waals surface area (Å²) in [7, 11) is 0. The first-order valence-corrected chi connectivity index (χ1v) is 6.57. The number of aliphatic hydroxyl groups is 1. The predicted octanol–water partition coefficient (Wildman–Crippen LogP) is 1.69. The highest BCUT2D eigenvalue weighted by molar-refractivity contribution is 5.86. The maximum absolute atomic E-state index is 11.4. The van der Waals surface area contributed by atoms with Crippen LogP contribution in [0.4, 0.5) is 16.4 Å². The number of anilines is 2. The van der Waals surface area contributed by atoms with Gasteiger partial charge in [0.2, 0.25) is 0 Å². The molecule has 0 bridgehead atoms. The molecule has 1 fully saturated rings. The van der Waals surface area contributed by atoms with Crippen molar-refractivity contribution in [3.63, 3.8) is 0 Å². The lowest BCUT2D eigenvalue weighted by molar-refractivity contribution is 0.0835. The topological polar surface area (TPSA) is 98.6 Å². The highest BCUT2D eigenvalue weighted by Gasteiger charge is 2.30. The molecule has 1 aliphatic carbocycles. The summed E-state index contributed by atoms with van der Waals surface area (Å²) >= 11 is 0. The molecule has 7 heteroatoms. The van der Waals surface area contributed by atoms with Crippen molar-refractivity contribution < 1.29 is 15.0 Å². The van der Waals surface area contributed by atoms with Crippen LogP contribution in [0, 0.1) is 0 Å². The van der Waals surface area contributed by atoms with Crippen molar-refractivity contribution >= 4 is 17.7 Å². The normalized spacial score (nSPS) is 22.0. The van der Waals surface area contributed by atoms with E-state index in [0.29, 0.717) is 24.5 Å². The van der Waals surface area contributed by atoms with Crippen LogP contribution in [0.15, 0.2) is 12.4 Å². The zero-order chi connectivity index (χ0) is 14.9. The molecule has 0 radical (unpaired) electrons. The Hall–Kier alpha value is -1.89. The average Bonchev–Trinajstić information content (AvgIpc) is 2.25. The summed E-state index contributed by atoms with van der Waals surface area (Å²) in [6.07, 6.45) is 1.40. The molecule has 110 valence electrons. The highest BCUT2D eigenvalue weighted by atomic mass is 16.4. The van der Waals surface area contributed by atoms with Gasteiger partial charge in [-0.1, -0.05) is 0 Å². The van der Waals surface area contributed by atoms with Crippen molar-refractivity contribution in [3.05, 3.63) is 12.4 Å². The molecule has 2 rings (SSSR count). The minimum absolute atomic E-state index is 0.181. The summed E-state index contributed by atoms with van der Waals surface area (Å²) in [5.41, 5.74) is -0.593. The second-order valence-electron chi connectivity index (χ2n) is 6.02. The Morgan fingerprint density at radius 2 is 2.05 bits per heavy atom. The van der Waals surface area contributed by atoms with E-state index in [-0.39, 0.29) is 12.1 Å². The monoisotopic (exact) mass is 280 g/mol. The Bertz CT molecular complexity index is 495. The summed E-state index contributed by atoms with van der Waals surface area (Å²) in [6, 6.07) is 1.80. The van der Waals surface area contributed by atoms with Gasteiger partial charge in [0, 0.05) is 17.6 Å². The molecule has 0 unspecified atom stereocenters. The van der Waals surface area contributed by atoms with E-state index in [2.05, 4.69) is 15.3 Å². The fourth-order valence-electron chi connectivity index (χ4n) is 2.19. The largest absolute Gasteiger partial charge is 0.465 e. The Balaban J connectivity index is 2.17. The molecular formula is C13H20N4O3. The number of carboxylic acid groups (broad SMARTS) is 1. The van der Waals surface area contributed by atoms with Crippen LogP contribution in [0.3, 0.4) is 0 Å². The number of amides is 1. The molecule has 0 aliphatic heterocycles. The molecule has 7 nitrogen and oxygen atoms in total. The fraction of sp³-hybridized carbons (Fsp3) is 0.615. The minimum Gasteiger partial charge on any atom is -0.465 e.